The van der Waals surface area contributed by atoms with E-state index in [0.717, 1.165) is 17.9 Å². The molecule has 1 amide bonds. The summed E-state index contributed by atoms with van der Waals surface area (Å²) in [6.45, 7) is 12.4. The largest absolute Gasteiger partial charge is 0.339 e. The Kier molecular flexibility index (Phi) is 7.72. The van der Waals surface area contributed by atoms with Crippen LogP contribution in [0.1, 0.15) is 57.6 Å². The molecule has 2 heterocycles. The van der Waals surface area contributed by atoms with Gasteiger partial charge < -0.3 is 4.90 Å². The maximum absolute atomic E-state index is 13.1. The van der Waals surface area contributed by atoms with Crippen LogP contribution < -0.4 is 0 Å². The van der Waals surface area contributed by atoms with Gasteiger partial charge in [0.2, 0.25) is 15.9 Å². The summed E-state index contributed by atoms with van der Waals surface area (Å²) in [5.41, 5.74) is 2.43. The Balaban J connectivity index is 1.53. The first kappa shape index (κ1) is 24.5. The van der Waals surface area contributed by atoms with Crippen molar-refractivity contribution in [2.45, 2.75) is 70.7 Å². The first-order chi connectivity index (χ1) is 14.5. The van der Waals surface area contributed by atoms with Crippen LogP contribution in [0, 0.1) is 6.92 Å². The number of amides is 1. The van der Waals surface area contributed by atoms with Crippen LogP contribution >= 0.6 is 11.6 Å². The monoisotopic (exact) mass is 469 g/mol. The van der Waals surface area contributed by atoms with E-state index < -0.39 is 15.3 Å². The normalized spacial score (nSPS) is 19.5. The number of rotatable bonds is 7. The third-order valence-corrected chi connectivity index (χ3v) is 9.21. The molecule has 0 aromatic heterocycles. The summed E-state index contributed by atoms with van der Waals surface area (Å²) < 4.78 is 27.8. The summed E-state index contributed by atoms with van der Waals surface area (Å²) in [4.78, 5) is 16.4. The number of piperidine rings is 1. The highest BCUT2D eigenvalue weighted by molar-refractivity contribution is 7.89. The highest BCUT2D eigenvalue weighted by Gasteiger charge is 2.44. The molecule has 0 spiro atoms. The minimum Gasteiger partial charge on any atom is -0.339 e. The molecule has 0 radical (unpaired) electrons. The maximum atomic E-state index is 13.1. The van der Waals surface area contributed by atoms with Gasteiger partial charge in [-0.3, -0.25) is 9.69 Å². The molecule has 0 N–H and O–H groups in total. The van der Waals surface area contributed by atoms with E-state index in [4.69, 9.17) is 11.6 Å². The molecule has 0 unspecified atom stereocenters. The number of likely N-dealkylation sites (tertiary alicyclic amines) is 1. The first-order valence-electron chi connectivity index (χ1n) is 11.3. The second-order valence-corrected chi connectivity index (χ2v) is 12.1. The van der Waals surface area contributed by atoms with Crippen LogP contribution in [0.2, 0.25) is 5.02 Å². The third-order valence-electron chi connectivity index (χ3n) is 6.75. The molecule has 0 aliphatic carbocycles. The molecule has 0 atom stereocenters. The van der Waals surface area contributed by atoms with Gasteiger partial charge in [0.25, 0.3) is 0 Å². The van der Waals surface area contributed by atoms with Gasteiger partial charge >= 0.3 is 0 Å². The average Bonchev–Trinajstić information content (AvgIpc) is 2.64. The first-order valence-corrected chi connectivity index (χ1v) is 13.2. The molecule has 31 heavy (non-hydrogen) atoms. The van der Waals surface area contributed by atoms with Gasteiger partial charge in [-0.25, -0.2) is 12.7 Å². The van der Waals surface area contributed by atoms with Crippen LogP contribution in [0.3, 0.4) is 0 Å². The molecule has 1 aromatic rings. The van der Waals surface area contributed by atoms with Gasteiger partial charge in [-0.2, -0.15) is 0 Å². The van der Waals surface area contributed by atoms with Crippen molar-refractivity contribution in [2.75, 3.05) is 32.7 Å². The number of sulfonamides is 1. The van der Waals surface area contributed by atoms with Gasteiger partial charge in [0.15, 0.2) is 0 Å². The van der Waals surface area contributed by atoms with Crippen molar-refractivity contribution in [2.24, 2.45) is 0 Å². The van der Waals surface area contributed by atoms with Gasteiger partial charge in [-0.1, -0.05) is 17.7 Å². The lowest BCUT2D eigenvalue weighted by Crippen LogP contribution is -2.62. The molecule has 3 rings (SSSR count). The Hall–Kier alpha value is -1.15. The number of aryl methyl sites for hydroxylation is 1. The van der Waals surface area contributed by atoms with Gasteiger partial charge in [0.1, 0.15) is 5.25 Å². The molecule has 2 aliphatic rings. The SMILES string of the molecule is Cc1cc(Cl)ccc1C1CCN(S(=O)(=O)C2CN(C(=O)CN(C(C)C)C(C)C)C2)CC1. The summed E-state index contributed by atoms with van der Waals surface area (Å²) in [5, 5.41) is 0.257. The number of benzene rings is 1. The van der Waals surface area contributed by atoms with E-state index in [0.29, 0.717) is 38.6 Å². The zero-order valence-electron chi connectivity index (χ0n) is 19.3. The Morgan fingerprint density at radius 3 is 2.23 bits per heavy atom. The molecular weight excluding hydrogens is 434 g/mol. The van der Waals surface area contributed by atoms with Gasteiger partial charge in [0.05, 0.1) is 6.54 Å². The molecular formula is C23H36ClN3O3S. The summed E-state index contributed by atoms with van der Waals surface area (Å²) in [7, 11) is -3.37. The van der Waals surface area contributed by atoms with E-state index in [2.05, 4.69) is 45.6 Å². The molecule has 174 valence electrons. The fourth-order valence-corrected chi connectivity index (χ4v) is 6.88. The van der Waals surface area contributed by atoms with Crippen molar-refractivity contribution < 1.29 is 13.2 Å². The number of nitrogens with zero attached hydrogens (tertiary/aromatic N) is 3. The van der Waals surface area contributed by atoms with Crippen LogP contribution in [-0.4, -0.2) is 78.5 Å². The van der Waals surface area contributed by atoms with E-state index in [9.17, 15) is 13.2 Å². The number of carbonyl (C=O) groups excluding carboxylic acids is 1. The fourth-order valence-electron chi connectivity index (χ4n) is 4.78. The van der Waals surface area contributed by atoms with Crippen LogP contribution in [0.15, 0.2) is 18.2 Å². The van der Waals surface area contributed by atoms with E-state index in [1.165, 1.54) is 11.1 Å². The fraction of sp³-hybridized carbons (Fsp3) is 0.696. The minimum absolute atomic E-state index is 0.0192. The van der Waals surface area contributed by atoms with Gasteiger partial charge in [-0.05, 0) is 76.6 Å². The zero-order valence-corrected chi connectivity index (χ0v) is 20.9. The van der Waals surface area contributed by atoms with E-state index in [-0.39, 0.29) is 18.0 Å². The third kappa shape index (κ3) is 5.44. The highest BCUT2D eigenvalue weighted by atomic mass is 35.5. The predicted molar refractivity (Wildman–Crippen MR) is 126 cm³/mol. The van der Waals surface area contributed by atoms with Gasteiger partial charge in [-0.15, -0.1) is 0 Å². The highest BCUT2D eigenvalue weighted by Crippen LogP contribution is 2.33. The molecule has 0 bridgehead atoms. The minimum atomic E-state index is -3.37. The van der Waals surface area contributed by atoms with Crippen molar-refractivity contribution >= 4 is 27.5 Å². The summed E-state index contributed by atoms with van der Waals surface area (Å²) in [6, 6.07) is 6.50. The number of carbonyl (C=O) groups is 1. The van der Waals surface area contributed by atoms with Crippen LogP contribution in [-0.2, 0) is 14.8 Å². The van der Waals surface area contributed by atoms with E-state index >= 15 is 0 Å². The second-order valence-electron chi connectivity index (χ2n) is 9.50. The zero-order chi connectivity index (χ0) is 22.9. The summed E-state index contributed by atoms with van der Waals surface area (Å²) in [6.07, 6.45) is 1.63. The Morgan fingerprint density at radius 2 is 1.71 bits per heavy atom. The van der Waals surface area contributed by atoms with Crippen LogP contribution in [0.5, 0.6) is 0 Å². The standard InChI is InChI=1S/C23H36ClN3O3S/c1-16(2)27(17(3)4)15-23(28)25-13-21(14-25)31(29,30)26-10-8-19(9-11-26)22-7-6-20(24)12-18(22)5/h6-7,12,16-17,19,21H,8-11,13-15H2,1-5H3. The van der Waals surface area contributed by atoms with Crippen molar-refractivity contribution in [1.82, 2.24) is 14.1 Å². The van der Waals surface area contributed by atoms with Crippen molar-refractivity contribution in [1.29, 1.82) is 0 Å². The Morgan fingerprint density at radius 1 is 1.13 bits per heavy atom. The number of hydrogen-bond acceptors (Lipinski definition) is 4. The second kappa shape index (κ2) is 9.77. The molecule has 2 aliphatic heterocycles. The lowest BCUT2D eigenvalue weighted by molar-refractivity contribution is -0.136. The maximum Gasteiger partial charge on any atom is 0.236 e. The number of hydrogen-bond donors (Lipinski definition) is 0. The van der Waals surface area contributed by atoms with Crippen molar-refractivity contribution in [3.63, 3.8) is 0 Å². The van der Waals surface area contributed by atoms with Gasteiger partial charge in [0, 0.05) is 43.3 Å². The summed E-state index contributed by atoms with van der Waals surface area (Å²) >= 11 is 6.07. The molecule has 0 saturated carbocycles. The smallest absolute Gasteiger partial charge is 0.236 e. The number of halogens is 1. The molecule has 2 fully saturated rings. The van der Waals surface area contributed by atoms with E-state index in [1.54, 1.807) is 9.21 Å². The predicted octanol–water partition coefficient (Wildman–Crippen LogP) is 3.49. The Labute approximate surface area is 192 Å². The lowest BCUT2D eigenvalue weighted by Gasteiger charge is -2.43. The van der Waals surface area contributed by atoms with Crippen LogP contribution in [0.4, 0.5) is 0 Å². The lowest BCUT2D eigenvalue weighted by atomic mass is 9.87. The van der Waals surface area contributed by atoms with Crippen molar-refractivity contribution in [3.05, 3.63) is 34.3 Å². The molecule has 8 heteroatoms. The molecule has 2 saturated heterocycles. The van der Waals surface area contributed by atoms with Crippen molar-refractivity contribution in [3.8, 4) is 0 Å². The molecule has 6 nitrogen and oxygen atoms in total. The average molecular weight is 470 g/mol. The van der Waals surface area contributed by atoms with E-state index in [1.807, 2.05) is 12.1 Å². The Bertz CT molecular complexity index is 881. The summed E-state index contributed by atoms with van der Waals surface area (Å²) in [5.74, 6) is 0.381. The topological polar surface area (TPSA) is 60.9 Å². The van der Waals surface area contributed by atoms with Crippen LogP contribution in [0.25, 0.3) is 0 Å². The quantitative estimate of drug-likeness (QED) is 0.613. The molecule has 1 aromatic carbocycles.